The minimum atomic E-state index is -0.627. The Labute approximate surface area is 147 Å². The summed E-state index contributed by atoms with van der Waals surface area (Å²) in [5.74, 6) is -1.21. The molecule has 0 aliphatic heterocycles. The topological polar surface area (TPSA) is 58.2 Å². The van der Waals surface area contributed by atoms with Crippen LogP contribution >= 0.6 is 15.9 Å². The second kappa shape index (κ2) is 11.2. The van der Waals surface area contributed by atoms with Crippen molar-refractivity contribution < 1.29 is 9.59 Å². The number of amides is 2. The van der Waals surface area contributed by atoms with Crippen molar-refractivity contribution in [1.29, 1.82) is 0 Å². The molecule has 1 rings (SSSR count). The van der Waals surface area contributed by atoms with Crippen molar-refractivity contribution in [2.24, 2.45) is 0 Å². The summed E-state index contributed by atoms with van der Waals surface area (Å²) in [5.41, 5.74) is 1.69. The lowest BCUT2D eigenvalue weighted by molar-refractivity contribution is -0.136. The summed E-state index contributed by atoms with van der Waals surface area (Å²) in [6, 6.07) is 5.56. The molecule has 5 heteroatoms. The predicted octanol–water partition coefficient (Wildman–Crippen LogP) is 4.56. The number of rotatable bonds is 9. The molecular formula is C18H27BrN2O2. The average Bonchev–Trinajstić information content (AvgIpc) is 2.52. The van der Waals surface area contributed by atoms with E-state index in [4.69, 9.17) is 0 Å². The van der Waals surface area contributed by atoms with Crippen molar-refractivity contribution in [2.75, 3.05) is 11.9 Å². The molecule has 0 saturated carbocycles. The molecule has 0 aliphatic rings. The van der Waals surface area contributed by atoms with Crippen LogP contribution in [0.2, 0.25) is 0 Å². The Balaban J connectivity index is 2.20. The summed E-state index contributed by atoms with van der Waals surface area (Å²) < 4.78 is 0.769. The first-order valence-electron chi connectivity index (χ1n) is 8.40. The second-order valence-corrected chi connectivity index (χ2v) is 6.67. The molecule has 128 valence electrons. The summed E-state index contributed by atoms with van der Waals surface area (Å²) >= 11 is 3.38. The minimum absolute atomic E-state index is 0.551. The largest absolute Gasteiger partial charge is 0.348 e. The third-order valence-electron chi connectivity index (χ3n) is 3.64. The molecule has 4 nitrogen and oxygen atoms in total. The van der Waals surface area contributed by atoms with E-state index in [0.717, 1.165) is 22.9 Å². The smallest absolute Gasteiger partial charge is 0.313 e. The number of hydrogen-bond acceptors (Lipinski definition) is 2. The van der Waals surface area contributed by atoms with Crippen molar-refractivity contribution in [3.63, 3.8) is 0 Å². The number of hydrogen-bond donors (Lipinski definition) is 2. The molecule has 0 aliphatic carbocycles. The molecular weight excluding hydrogens is 356 g/mol. The maximum Gasteiger partial charge on any atom is 0.313 e. The highest BCUT2D eigenvalue weighted by molar-refractivity contribution is 9.10. The predicted molar refractivity (Wildman–Crippen MR) is 98.5 cm³/mol. The van der Waals surface area contributed by atoms with Gasteiger partial charge in [0.05, 0.1) is 5.69 Å². The number of nitrogens with one attached hydrogen (secondary N) is 2. The Bertz CT molecular complexity index is 518. The summed E-state index contributed by atoms with van der Waals surface area (Å²) in [6.45, 7) is 4.72. The fraction of sp³-hybridized carbons (Fsp3) is 0.556. The van der Waals surface area contributed by atoms with Crippen LogP contribution in [-0.4, -0.2) is 18.4 Å². The Morgan fingerprint density at radius 1 is 1.00 bits per heavy atom. The molecule has 0 aromatic heterocycles. The lowest BCUT2D eigenvalue weighted by atomic mass is 10.1. The maximum absolute atomic E-state index is 11.8. The summed E-state index contributed by atoms with van der Waals surface area (Å²) in [7, 11) is 0. The Kier molecular flexibility index (Phi) is 9.60. The van der Waals surface area contributed by atoms with Crippen molar-refractivity contribution in [1.82, 2.24) is 5.32 Å². The normalized spacial score (nSPS) is 10.4. The van der Waals surface area contributed by atoms with E-state index >= 15 is 0 Å². The van der Waals surface area contributed by atoms with E-state index in [1.807, 2.05) is 19.1 Å². The van der Waals surface area contributed by atoms with Crippen LogP contribution in [0.5, 0.6) is 0 Å². The lowest BCUT2D eigenvalue weighted by Crippen LogP contribution is -2.36. The van der Waals surface area contributed by atoms with E-state index in [1.54, 1.807) is 6.07 Å². The van der Waals surface area contributed by atoms with Crippen LogP contribution in [0.3, 0.4) is 0 Å². The third-order valence-corrected chi connectivity index (χ3v) is 4.30. The van der Waals surface area contributed by atoms with Crippen molar-refractivity contribution in [2.45, 2.75) is 58.8 Å². The van der Waals surface area contributed by atoms with E-state index in [2.05, 4.69) is 33.5 Å². The molecule has 0 bridgehead atoms. The molecule has 23 heavy (non-hydrogen) atoms. The molecule has 0 radical (unpaired) electrons. The summed E-state index contributed by atoms with van der Waals surface area (Å²) in [4.78, 5) is 23.6. The van der Waals surface area contributed by atoms with Gasteiger partial charge in [-0.2, -0.15) is 0 Å². The molecule has 0 saturated heterocycles. The zero-order chi connectivity index (χ0) is 17.1. The number of carbonyl (C=O) groups excluding carboxylic acids is 2. The van der Waals surface area contributed by atoms with Crippen molar-refractivity contribution in [3.05, 3.63) is 28.2 Å². The van der Waals surface area contributed by atoms with Gasteiger partial charge in [0, 0.05) is 11.0 Å². The molecule has 1 aromatic carbocycles. The monoisotopic (exact) mass is 382 g/mol. The number of benzene rings is 1. The van der Waals surface area contributed by atoms with Crippen molar-refractivity contribution in [3.8, 4) is 0 Å². The van der Waals surface area contributed by atoms with E-state index in [9.17, 15) is 9.59 Å². The van der Waals surface area contributed by atoms with Crippen LogP contribution in [0.25, 0.3) is 0 Å². The van der Waals surface area contributed by atoms with Gasteiger partial charge in [-0.1, -0.05) is 51.5 Å². The maximum atomic E-state index is 11.8. The fourth-order valence-corrected chi connectivity index (χ4v) is 2.86. The first-order valence-corrected chi connectivity index (χ1v) is 9.19. The zero-order valence-electron chi connectivity index (χ0n) is 14.1. The van der Waals surface area contributed by atoms with E-state index in [1.165, 1.54) is 32.1 Å². The molecule has 0 spiro atoms. The summed E-state index contributed by atoms with van der Waals surface area (Å²) in [6.07, 6.45) is 8.29. The Hall–Kier alpha value is -1.36. The van der Waals surface area contributed by atoms with Gasteiger partial charge < -0.3 is 10.6 Å². The van der Waals surface area contributed by atoms with Gasteiger partial charge in [0.25, 0.3) is 0 Å². The first-order chi connectivity index (χ1) is 11.0. The van der Waals surface area contributed by atoms with Gasteiger partial charge >= 0.3 is 11.8 Å². The van der Waals surface area contributed by atoms with Gasteiger partial charge in [-0.05, 0) is 47.0 Å². The van der Waals surface area contributed by atoms with Gasteiger partial charge in [-0.15, -0.1) is 0 Å². The van der Waals surface area contributed by atoms with Gasteiger partial charge in [-0.25, -0.2) is 0 Å². The van der Waals surface area contributed by atoms with Crippen LogP contribution in [0.15, 0.2) is 22.7 Å². The van der Waals surface area contributed by atoms with Crippen LogP contribution in [-0.2, 0) is 9.59 Å². The fourth-order valence-electron chi connectivity index (χ4n) is 2.26. The lowest BCUT2D eigenvalue weighted by Gasteiger charge is -2.08. The van der Waals surface area contributed by atoms with Crippen molar-refractivity contribution >= 4 is 33.4 Å². The number of carbonyl (C=O) groups is 2. The molecule has 0 atom stereocenters. The number of unbranched alkanes of at least 4 members (excludes halogenated alkanes) is 6. The average molecular weight is 383 g/mol. The highest BCUT2D eigenvalue weighted by atomic mass is 79.9. The van der Waals surface area contributed by atoms with Gasteiger partial charge in [-0.3, -0.25) is 9.59 Å². The quantitative estimate of drug-likeness (QED) is 0.485. The zero-order valence-corrected chi connectivity index (χ0v) is 15.7. The van der Waals surface area contributed by atoms with Crippen LogP contribution < -0.4 is 10.6 Å². The highest BCUT2D eigenvalue weighted by Gasteiger charge is 2.14. The van der Waals surface area contributed by atoms with E-state index < -0.39 is 11.8 Å². The van der Waals surface area contributed by atoms with Crippen LogP contribution in [0.1, 0.15) is 57.4 Å². The number of halogens is 1. The number of anilines is 1. The molecule has 0 unspecified atom stereocenters. The molecule has 2 amide bonds. The van der Waals surface area contributed by atoms with E-state index in [0.29, 0.717) is 12.2 Å². The van der Waals surface area contributed by atoms with Gasteiger partial charge in [0.15, 0.2) is 0 Å². The Morgan fingerprint density at radius 3 is 2.30 bits per heavy atom. The molecule has 2 N–H and O–H groups in total. The Morgan fingerprint density at radius 2 is 1.65 bits per heavy atom. The molecule has 1 aromatic rings. The first kappa shape index (κ1) is 19.7. The standard InChI is InChI=1S/C18H27BrN2O2/c1-3-4-5-6-7-8-9-12-20-17(22)18(23)21-16-11-10-14(2)13-15(16)19/h10-11,13H,3-9,12H2,1-2H3,(H,20,22)(H,21,23). The van der Waals surface area contributed by atoms with Gasteiger partial charge in [0.1, 0.15) is 0 Å². The third kappa shape index (κ3) is 8.16. The van der Waals surface area contributed by atoms with E-state index in [-0.39, 0.29) is 0 Å². The second-order valence-electron chi connectivity index (χ2n) is 5.81. The minimum Gasteiger partial charge on any atom is -0.348 e. The highest BCUT2D eigenvalue weighted by Crippen LogP contribution is 2.23. The molecule has 0 fully saturated rings. The van der Waals surface area contributed by atoms with Gasteiger partial charge in [0.2, 0.25) is 0 Å². The number of aryl methyl sites for hydroxylation is 1. The SMILES string of the molecule is CCCCCCCCCNC(=O)C(=O)Nc1ccc(C)cc1Br. The van der Waals surface area contributed by atoms with Crippen LogP contribution in [0.4, 0.5) is 5.69 Å². The molecule has 0 heterocycles. The van der Waals surface area contributed by atoms with Crippen LogP contribution in [0, 0.1) is 6.92 Å². The summed E-state index contributed by atoms with van der Waals surface area (Å²) in [5, 5.41) is 5.28.